The number of methoxy groups -OCH3 is 2. The van der Waals surface area contributed by atoms with Gasteiger partial charge in [-0.05, 0) is 13.3 Å². The molecule has 1 unspecified atom stereocenters. The number of nitrogens with one attached hydrogen (secondary N) is 1. The molecule has 2 N–H and O–H groups in total. The molecule has 0 aromatic heterocycles. The number of hydrogen-bond donors (Lipinski definition) is 2. The summed E-state index contributed by atoms with van der Waals surface area (Å²) in [6, 6.07) is 2.80. The quantitative estimate of drug-likeness (QED) is 0.588. The van der Waals surface area contributed by atoms with Gasteiger partial charge in [0.1, 0.15) is 5.69 Å². The molecule has 0 aliphatic heterocycles. The highest BCUT2D eigenvalue weighted by Gasteiger charge is 2.26. The van der Waals surface area contributed by atoms with Crippen molar-refractivity contribution in [3.63, 3.8) is 0 Å². The molecule has 1 aromatic rings. The summed E-state index contributed by atoms with van der Waals surface area (Å²) in [4.78, 5) is 10.7. The molecule has 0 saturated heterocycles. The van der Waals surface area contributed by atoms with Crippen molar-refractivity contribution in [2.24, 2.45) is 0 Å². The summed E-state index contributed by atoms with van der Waals surface area (Å²) in [5.41, 5.74) is -0.494. The molecular weight excluding hydrogens is 264 g/mol. The third kappa shape index (κ3) is 3.30. The molecule has 0 amide bonds. The molecule has 0 spiro atoms. The van der Waals surface area contributed by atoms with E-state index in [4.69, 9.17) is 9.47 Å². The first-order chi connectivity index (χ1) is 9.40. The van der Waals surface area contributed by atoms with Crippen molar-refractivity contribution in [3.8, 4) is 11.5 Å². The average molecular weight is 284 g/mol. The van der Waals surface area contributed by atoms with Crippen LogP contribution in [-0.2, 0) is 0 Å². The van der Waals surface area contributed by atoms with E-state index in [1.54, 1.807) is 6.92 Å². The molecule has 1 aromatic carbocycles. The predicted molar refractivity (Wildman–Crippen MR) is 75.6 cm³/mol. The van der Waals surface area contributed by atoms with Crippen molar-refractivity contribution in [2.45, 2.75) is 25.8 Å². The molecule has 0 bridgehead atoms. The second-order valence-electron chi connectivity index (χ2n) is 4.68. The van der Waals surface area contributed by atoms with Crippen LogP contribution in [0.1, 0.15) is 20.3 Å². The number of nitrogens with zero attached hydrogens (tertiary/aromatic N) is 1. The molecule has 20 heavy (non-hydrogen) atoms. The number of nitro groups is 1. The lowest BCUT2D eigenvalue weighted by molar-refractivity contribution is -0.384. The van der Waals surface area contributed by atoms with Gasteiger partial charge in [-0.15, -0.1) is 0 Å². The highest BCUT2D eigenvalue weighted by molar-refractivity contribution is 5.69. The summed E-state index contributed by atoms with van der Waals surface area (Å²) in [6.45, 7) is 3.53. The van der Waals surface area contributed by atoms with Crippen LogP contribution in [-0.4, -0.2) is 36.4 Å². The largest absolute Gasteiger partial charge is 0.493 e. The summed E-state index contributed by atoms with van der Waals surface area (Å²) in [5.74, 6) is 0.670. The highest BCUT2D eigenvalue weighted by Crippen LogP contribution is 2.38. The van der Waals surface area contributed by atoms with Crippen LogP contribution in [0.3, 0.4) is 0 Å². The Labute approximate surface area is 117 Å². The van der Waals surface area contributed by atoms with Crippen molar-refractivity contribution < 1.29 is 19.5 Å². The number of benzene rings is 1. The van der Waals surface area contributed by atoms with Gasteiger partial charge in [-0.1, -0.05) is 6.92 Å². The molecule has 0 saturated carbocycles. The number of rotatable bonds is 7. The van der Waals surface area contributed by atoms with E-state index in [1.807, 2.05) is 6.92 Å². The van der Waals surface area contributed by atoms with Gasteiger partial charge in [-0.3, -0.25) is 10.1 Å². The van der Waals surface area contributed by atoms with E-state index in [9.17, 15) is 15.2 Å². The van der Waals surface area contributed by atoms with Crippen molar-refractivity contribution in [3.05, 3.63) is 22.2 Å². The Bertz CT molecular complexity index is 486. The maximum absolute atomic E-state index is 11.2. The lowest BCUT2D eigenvalue weighted by atomic mass is 9.99. The highest BCUT2D eigenvalue weighted by atomic mass is 16.6. The summed E-state index contributed by atoms with van der Waals surface area (Å²) >= 11 is 0. The minimum absolute atomic E-state index is 0.129. The van der Waals surface area contributed by atoms with Gasteiger partial charge in [0, 0.05) is 6.07 Å². The fourth-order valence-corrected chi connectivity index (χ4v) is 1.68. The van der Waals surface area contributed by atoms with Crippen molar-refractivity contribution in [1.82, 2.24) is 0 Å². The van der Waals surface area contributed by atoms with E-state index in [-0.39, 0.29) is 23.7 Å². The van der Waals surface area contributed by atoms with Crippen LogP contribution in [0.4, 0.5) is 11.4 Å². The first-order valence-corrected chi connectivity index (χ1v) is 6.20. The minimum atomic E-state index is -0.648. The fourth-order valence-electron chi connectivity index (χ4n) is 1.68. The Kier molecular flexibility index (Phi) is 5.15. The summed E-state index contributed by atoms with van der Waals surface area (Å²) in [5, 5.41) is 23.6. The van der Waals surface area contributed by atoms with E-state index in [1.165, 1.54) is 26.4 Å². The van der Waals surface area contributed by atoms with Crippen LogP contribution in [0.5, 0.6) is 11.5 Å². The first kappa shape index (κ1) is 16.0. The molecule has 112 valence electrons. The van der Waals surface area contributed by atoms with E-state index in [2.05, 4.69) is 5.32 Å². The number of aliphatic hydroxyl groups is 1. The topological polar surface area (TPSA) is 93.9 Å². The van der Waals surface area contributed by atoms with Crippen LogP contribution in [0.15, 0.2) is 12.1 Å². The summed E-state index contributed by atoms with van der Waals surface area (Å²) in [7, 11) is 2.87. The van der Waals surface area contributed by atoms with Crippen molar-refractivity contribution in [1.29, 1.82) is 0 Å². The van der Waals surface area contributed by atoms with Gasteiger partial charge >= 0.3 is 0 Å². The maximum atomic E-state index is 11.2. The number of hydrogen-bond acceptors (Lipinski definition) is 6. The normalized spacial score (nSPS) is 13.4. The van der Waals surface area contributed by atoms with Crippen LogP contribution < -0.4 is 14.8 Å². The number of aliphatic hydroxyl groups excluding tert-OH is 1. The van der Waals surface area contributed by atoms with Crippen LogP contribution in [0.25, 0.3) is 0 Å². The Morgan fingerprint density at radius 1 is 1.35 bits per heavy atom. The molecule has 7 nitrogen and oxygen atoms in total. The Morgan fingerprint density at radius 3 is 2.30 bits per heavy atom. The third-order valence-corrected chi connectivity index (χ3v) is 3.26. The zero-order valence-electron chi connectivity index (χ0n) is 12.1. The number of anilines is 1. The molecule has 7 heteroatoms. The monoisotopic (exact) mass is 284 g/mol. The van der Waals surface area contributed by atoms with E-state index >= 15 is 0 Å². The Balaban J connectivity index is 3.32. The summed E-state index contributed by atoms with van der Waals surface area (Å²) in [6.07, 6.45) is 0.606. The van der Waals surface area contributed by atoms with Crippen LogP contribution in [0, 0.1) is 10.1 Å². The molecular formula is C13H20N2O5. The molecule has 0 aliphatic rings. The van der Waals surface area contributed by atoms with Crippen LogP contribution >= 0.6 is 0 Å². The standard InChI is InChI=1S/C13H20N2O5/c1-5-13(2,8-16)14-9-6-11(19-3)12(20-4)7-10(9)15(17)18/h6-7,14,16H,5,8H2,1-4H3. The van der Waals surface area contributed by atoms with Gasteiger partial charge in [0.2, 0.25) is 0 Å². The zero-order valence-corrected chi connectivity index (χ0v) is 12.1. The Morgan fingerprint density at radius 2 is 1.90 bits per heavy atom. The van der Waals surface area contributed by atoms with Gasteiger partial charge in [-0.2, -0.15) is 0 Å². The molecule has 1 rings (SSSR count). The molecule has 0 fully saturated rings. The second kappa shape index (κ2) is 6.42. The fraction of sp³-hybridized carbons (Fsp3) is 0.538. The average Bonchev–Trinajstić information content (AvgIpc) is 2.46. The van der Waals surface area contributed by atoms with Gasteiger partial charge in [0.05, 0.1) is 37.4 Å². The Hall–Kier alpha value is -2.02. The van der Waals surface area contributed by atoms with E-state index in [0.29, 0.717) is 12.2 Å². The number of ether oxygens (including phenoxy) is 2. The van der Waals surface area contributed by atoms with E-state index < -0.39 is 10.5 Å². The molecule has 0 radical (unpaired) electrons. The lowest BCUT2D eigenvalue weighted by Gasteiger charge is -2.28. The van der Waals surface area contributed by atoms with Gasteiger partial charge in [0.25, 0.3) is 5.69 Å². The smallest absolute Gasteiger partial charge is 0.296 e. The van der Waals surface area contributed by atoms with Crippen LogP contribution in [0.2, 0.25) is 0 Å². The van der Waals surface area contributed by atoms with E-state index in [0.717, 1.165) is 0 Å². The third-order valence-electron chi connectivity index (χ3n) is 3.26. The van der Waals surface area contributed by atoms with Gasteiger partial charge in [-0.25, -0.2) is 0 Å². The second-order valence-corrected chi connectivity index (χ2v) is 4.68. The predicted octanol–water partition coefficient (Wildman–Crippen LogP) is 2.18. The lowest BCUT2D eigenvalue weighted by Crippen LogP contribution is -2.38. The SMILES string of the molecule is CCC(C)(CO)Nc1cc(OC)c(OC)cc1[N+](=O)[O-]. The number of nitro benzene ring substituents is 1. The van der Waals surface area contributed by atoms with Gasteiger partial charge in [0.15, 0.2) is 11.5 Å². The summed E-state index contributed by atoms with van der Waals surface area (Å²) < 4.78 is 10.2. The van der Waals surface area contributed by atoms with Crippen molar-refractivity contribution in [2.75, 3.05) is 26.1 Å². The maximum Gasteiger partial charge on any atom is 0.296 e. The molecule has 0 aliphatic carbocycles. The van der Waals surface area contributed by atoms with Crippen molar-refractivity contribution >= 4 is 11.4 Å². The molecule has 1 atom stereocenters. The minimum Gasteiger partial charge on any atom is -0.493 e. The zero-order chi connectivity index (χ0) is 15.3. The van der Waals surface area contributed by atoms with Gasteiger partial charge < -0.3 is 19.9 Å². The first-order valence-electron chi connectivity index (χ1n) is 6.20. The molecule has 0 heterocycles.